The molecule has 0 fully saturated rings. The molecule has 6 nitrogen and oxygen atoms in total. The van der Waals surface area contributed by atoms with Crippen molar-refractivity contribution >= 4 is 12.3 Å². The van der Waals surface area contributed by atoms with E-state index < -0.39 is 6.09 Å². The SMILES string of the molecule is C=CCc1ccccc1OCCOc1cccc(C=NNC(=O)OC)c1. The largest absolute Gasteiger partial charge is 0.490 e. The van der Waals surface area contributed by atoms with E-state index in [1.54, 1.807) is 0 Å². The average molecular weight is 354 g/mol. The molecular formula is C20H22N2O4. The molecule has 136 valence electrons. The van der Waals surface area contributed by atoms with Crippen molar-refractivity contribution < 1.29 is 19.0 Å². The lowest BCUT2D eigenvalue weighted by atomic mass is 10.1. The Labute approximate surface area is 153 Å². The number of rotatable bonds is 9. The second-order valence-electron chi connectivity index (χ2n) is 5.23. The Morgan fingerprint density at radius 2 is 1.96 bits per heavy atom. The number of hydrazone groups is 1. The summed E-state index contributed by atoms with van der Waals surface area (Å²) in [6, 6.07) is 15.2. The molecule has 2 aromatic carbocycles. The first kappa shape index (κ1) is 19.1. The third-order valence-corrected chi connectivity index (χ3v) is 3.36. The molecule has 2 rings (SSSR count). The molecular weight excluding hydrogens is 332 g/mol. The molecule has 0 aliphatic heterocycles. The van der Waals surface area contributed by atoms with E-state index in [1.807, 2.05) is 54.6 Å². The van der Waals surface area contributed by atoms with Crippen LogP contribution in [0.2, 0.25) is 0 Å². The summed E-state index contributed by atoms with van der Waals surface area (Å²) < 4.78 is 15.9. The Bertz CT molecular complexity index is 759. The van der Waals surface area contributed by atoms with E-state index in [2.05, 4.69) is 21.8 Å². The predicted molar refractivity (Wildman–Crippen MR) is 101 cm³/mol. The van der Waals surface area contributed by atoms with Gasteiger partial charge in [-0.1, -0.05) is 36.4 Å². The van der Waals surface area contributed by atoms with Crippen molar-refractivity contribution in [2.45, 2.75) is 6.42 Å². The number of allylic oxidation sites excluding steroid dienone is 1. The number of nitrogens with zero attached hydrogens (tertiary/aromatic N) is 1. The zero-order valence-electron chi connectivity index (χ0n) is 14.7. The number of carbonyl (C=O) groups is 1. The van der Waals surface area contributed by atoms with Gasteiger partial charge in [0.2, 0.25) is 0 Å². The Kier molecular flexibility index (Phi) is 7.74. The van der Waals surface area contributed by atoms with Crippen molar-refractivity contribution in [2.75, 3.05) is 20.3 Å². The van der Waals surface area contributed by atoms with Crippen molar-refractivity contribution in [2.24, 2.45) is 5.10 Å². The number of para-hydroxylation sites is 1. The fourth-order valence-electron chi connectivity index (χ4n) is 2.17. The van der Waals surface area contributed by atoms with Gasteiger partial charge in [0.1, 0.15) is 24.7 Å². The second-order valence-corrected chi connectivity index (χ2v) is 5.23. The predicted octanol–water partition coefficient (Wildman–Crippen LogP) is 3.56. The summed E-state index contributed by atoms with van der Waals surface area (Å²) in [6.07, 6.45) is 3.49. The van der Waals surface area contributed by atoms with Gasteiger partial charge in [-0.3, -0.25) is 0 Å². The first-order chi connectivity index (χ1) is 12.7. The van der Waals surface area contributed by atoms with Crippen molar-refractivity contribution in [1.82, 2.24) is 5.43 Å². The van der Waals surface area contributed by atoms with Gasteiger partial charge >= 0.3 is 6.09 Å². The summed E-state index contributed by atoms with van der Waals surface area (Å²) in [5.41, 5.74) is 4.11. The highest BCUT2D eigenvalue weighted by molar-refractivity contribution is 5.81. The van der Waals surface area contributed by atoms with Crippen LogP contribution in [0, 0.1) is 0 Å². The topological polar surface area (TPSA) is 69.2 Å². The molecule has 1 amide bonds. The lowest BCUT2D eigenvalue weighted by Gasteiger charge is -2.11. The highest BCUT2D eigenvalue weighted by Crippen LogP contribution is 2.19. The molecule has 6 heteroatoms. The normalized spacial score (nSPS) is 10.3. The minimum atomic E-state index is -0.623. The number of ether oxygens (including phenoxy) is 3. The maximum atomic E-state index is 10.9. The van der Waals surface area contributed by atoms with Gasteiger partial charge in [0.05, 0.1) is 13.3 Å². The molecule has 0 aliphatic rings. The molecule has 0 heterocycles. The quantitative estimate of drug-likeness (QED) is 0.323. The zero-order chi connectivity index (χ0) is 18.6. The van der Waals surface area contributed by atoms with E-state index in [9.17, 15) is 4.79 Å². The Morgan fingerprint density at radius 3 is 2.77 bits per heavy atom. The van der Waals surface area contributed by atoms with E-state index in [-0.39, 0.29) is 0 Å². The van der Waals surface area contributed by atoms with Crippen LogP contribution in [0.1, 0.15) is 11.1 Å². The number of hydrogen-bond acceptors (Lipinski definition) is 5. The third-order valence-electron chi connectivity index (χ3n) is 3.36. The molecule has 0 unspecified atom stereocenters. The molecule has 1 N–H and O–H groups in total. The minimum absolute atomic E-state index is 0.406. The molecule has 0 saturated heterocycles. The second kappa shape index (κ2) is 10.6. The highest BCUT2D eigenvalue weighted by Gasteiger charge is 2.02. The van der Waals surface area contributed by atoms with E-state index in [0.29, 0.717) is 19.0 Å². The zero-order valence-corrected chi connectivity index (χ0v) is 14.7. The number of benzene rings is 2. The number of methoxy groups -OCH3 is 1. The third kappa shape index (κ3) is 6.32. The minimum Gasteiger partial charge on any atom is -0.490 e. The summed E-state index contributed by atoms with van der Waals surface area (Å²) in [6.45, 7) is 4.59. The first-order valence-corrected chi connectivity index (χ1v) is 8.14. The number of carbonyl (C=O) groups excluding carboxylic acids is 1. The smallest absolute Gasteiger partial charge is 0.427 e. The fraction of sp³-hybridized carbons (Fsp3) is 0.200. The molecule has 0 bridgehead atoms. The molecule has 0 saturated carbocycles. The molecule has 2 aromatic rings. The Hall–Kier alpha value is -3.28. The van der Waals surface area contributed by atoms with Gasteiger partial charge in [0, 0.05) is 0 Å². The number of amides is 1. The molecule has 26 heavy (non-hydrogen) atoms. The molecule has 0 aliphatic carbocycles. The van der Waals surface area contributed by atoms with Crippen LogP contribution in [0.4, 0.5) is 4.79 Å². The lowest BCUT2D eigenvalue weighted by molar-refractivity contribution is 0.171. The van der Waals surface area contributed by atoms with Gasteiger partial charge in [-0.25, -0.2) is 10.2 Å². The van der Waals surface area contributed by atoms with Gasteiger partial charge in [-0.15, -0.1) is 6.58 Å². The monoisotopic (exact) mass is 354 g/mol. The van der Waals surface area contributed by atoms with Crippen LogP contribution in [0.5, 0.6) is 11.5 Å². The van der Waals surface area contributed by atoms with Crippen LogP contribution in [0.25, 0.3) is 0 Å². The summed E-state index contributed by atoms with van der Waals surface area (Å²) in [5, 5.41) is 3.78. The number of hydrogen-bond donors (Lipinski definition) is 1. The summed E-state index contributed by atoms with van der Waals surface area (Å²) >= 11 is 0. The Balaban J connectivity index is 1.82. The number of nitrogens with one attached hydrogen (secondary N) is 1. The van der Waals surface area contributed by atoms with E-state index in [0.717, 1.165) is 23.3 Å². The molecule has 0 atom stereocenters. The van der Waals surface area contributed by atoms with Crippen LogP contribution in [0.3, 0.4) is 0 Å². The molecule has 0 aromatic heterocycles. The van der Waals surface area contributed by atoms with E-state index in [4.69, 9.17) is 9.47 Å². The van der Waals surface area contributed by atoms with Crippen LogP contribution < -0.4 is 14.9 Å². The van der Waals surface area contributed by atoms with E-state index >= 15 is 0 Å². The van der Waals surface area contributed by atoms with Crippen molar-refractivity contribution in [1.29, 1.82) is 0 Å². The summed E-state index contributed by atoms with van der Waals surface area (Å²) in [4.78, 5) is 10.9. The van der Waals surface area contributed by atoms with Gasteiger partial charge in [-0.05, 0) is 35.7 Å². The van der Waals surface area contributed by atoms with Crippen molar-refractivity contribution in [3.8, 4) is 11.5 Å². The molecule has 0 spiro atoms. The Morgan fingerprint density at radius 1 is 1.15 bits per heavy atom. The van der Waals surface area contributed by atoms with Crippen LogP contribution in [-0.4, -0.2) is 32.6 Å². The van der Waals surface area contributed by atoms with Gasteiger partial charge in [-0.2, -0.15) is 5.10 Å². The highest BCUT2D eigenvalue weighted by atomic mass is 16.5. The van der Waals surface area contributed by atoms with Crippen molar-refractivity contribution in [3.05, 3.63) is 72.3 Å². The van der Waals surface area contributed by atoms with Crippen LogP contribution in [0.15, 0.2) is 66.3 Å². The molecule has 0 radical (unpaired) electrons. The van der Waals surface area contributed by atoms with Crippen molar-refractivity contribution in [3.63, 3.8) is 0 Å². The van der Waals surface area contributed by atoms with Gasteiger partial charge < -0.3 is 14.2 Å². The summed E-state index contributed by atoms with van der Waals surface area (Å²) in [7, 11) is 1.27. The lowest BCUT2D eigenvalue weighted by Crippen LogP contribution is -2.16. The maximum Gasteiger partial charge on any atom is 0.427 e. The van der Waals surface area contributed by atoms with Crippen LogP contribution >= 0.6 is 0 Å². The van der Waals surface area contributed by atoms with Crippen LogP contribution in [-0.2, 0) is 11.2 Å². The van der Waals surface area contributed by atoms with Gasteiger partial charge in [0.15, 0.2) is 0 Å². The van der Waals surface area contributed by atoms with E-state index in [1.165, 1.54) is 13.3 Å². The fourth-order valence-corrected chi connectivity index (χ4v) is 2.17. The average Bonchev–Trinajstić information content (AvgIpc) is 2.67. The first-order valence-electron chi connectivity index (χ1n) is 8.14. The maximum absolute atomic E-state index is 10.9. The van der Waals surface area contributed by atoms with Gasteiger partial charge in [0.25, 0.3) is 0 Å². The standard InChI is InChI=1S/C20H22N2O4/c1-3-7-17-9-4-5-11-19(17)26-13-12-25-18-10-6-8-16(14-18)15-21-22-20(23)24-2/h3-6,8-11,14-15H,1,7,12-13H2,2H3,(H,22,23). The summed E-state index contributed by atoms with van der Waals surface area (Å²) in [5.74, 6) is 1.53.